The lowest BCUT2D eigenvalue weighted by atomic mass is 9.85. The molecule has 0 saturated carbocycles. The summed E-state index contributed by atoms with van der Waals surface area (Å²) >= 11 is 6.11. The number of hydrogen-bond acceptors (Lipinski definition) is 4. The lowest BCUT2D eigenvalue weighted by Crippen LogP contribution is -2.39. The Bertz CT molecular complexity index is 1240. The van der Waals surface area contributed by atoms with E-state index in [1.165, 1.54) is 11.1 Å². The Morgan fingerprint density at radius 1 is 1.09 bits per heavy atom. The van der Waals surface area contributed by atoms with Crippen molar-refractivity contribution in [3.8, 4) is 0 Å². The van der Waals surface area contributed by atoms with E-state index in [0.717, 1.165) is 29.8 Å². The predicted octanol–water partition coefficient (Wildman–Crippen LogP) is 4.59. The first-order chi connectivity index (χ1) is 16.3. The molecule has 174 valence electrons. The molecule has 1 saturated heterocycles. The minimum atomic E-state index is -0.369. The van der Waals surface area contributed by atoms with Gasteiger partial charge < -0.3 is 9.80 Å². The molecule has 1 unspecified atom stereocenters. The zero-order valence-corrected chi connectivity index (χ0v) is 20.1. The van der Waals surface area contributed by atoms with Crippen LogP contribution in [0.25, 0.3) is 0 Å². The van der Waals surface area contributed by atoms with Gasteiger partial charge in [0.1, 0.15) is 6.33 Å². The van der Waals surface area contributed by atoms with Gasteiger partial charge in [-0.1, -0.05) is 43.6 Å². The smallest absolute Gasteiger partial charge is 0.232 e. The maximum atomic E-state index is 13.6. The van der Waals surface area contributed by atoms with E-state index in [4.69, 9.17) is 11.6 Å². The van der Waals surface area contributed by atoms with Crippen LogP contribution in [-0.4, -0.2) is 34.9 Å². The summed E-state index contributed by atoms with van der Waals surface area (Å²) < 4.78 is 0. The maximum Gasteiger partial charge on any atom is 0.232 e. The molecule has 5 rings (SSSR count). The number of aromatic nitrogens is 2. The molecule has 0 bridgehead atoms. The number of nitrogens with zero attached hydrogens (tertiary/aromatic N) is 4. The van der Waals surface area contributed by atoms with Crippen LogP contribution in [0.5, 0.6) is 0 Å². The number of rotatable bonds is 5. The first kappa shape index (κ1) is 22.5. The molecule has 7 heteroatoms. The van der Waals surface area contributed by atoms with Crippen LogP contribution in [0.4, 0.5) is 11.4 Å². The average molecular weight is 475 g/mol. The van der Waals surface area contributed by atoms with Gasteiger partial charge in [-0.2, -0.15) is 0 Å². The summed E-state index contributed by atoms with van der Waals surface area (Å²) in [5.74, 6) is -0.399. The summed E-state index contributed by atoms with van der Waals surface area (Å²) in [4.78, 5) is 38.0. The van der Waals surface area contributed by atoms with Gasteiger partial charge in [-0.05, 0) is 53.8 Å². The molecule has 0 spiro atoms. The van der Waals surface area contributed by atoms with Crippen molar-refractivity contribution >= 4 is 34.8 Å². The standard InChI is InChI=1S/C27H27ClN4O2/c1-27(2)16-32(24-9-8-18(10-23(24)27)6-7-19-13-29-17-30-14-19)26(34)20-11-25(33)31(15-20)22-5-3-4-21(28)12-22/h3-5,8-10,12-14,17,20H,6-7,11,15-16H2,1-2H3. The van der Waals surface area contributed by atoms with Gasteiger partial charge in [-0.25, -0.2) is 9.97 Å². The van der Waals surface area contributed by atoms with Gasteiger partial charge in [0, 0.05) is 53.7 Å². The van der Waals surface area contributed by atoms with E-state index in [9.17, 15) is 9.59 Å². The largest absolute Gasteiger partial charge is 0.312 e. The highest BCUT2D eigenvalue weighted by atomic mass is 35.5. The Labute approximate surface area is 204 Å². The Morgan fingerprint density at radius 2 is 1.85 bits per heavy atom. The van der Waals surface area contributed by atoms with Crippen LogP contribution in [0, 0.1) is 5.92 Å². The van der Waals surface area contributed by atoms with Crippen LogP contribution in [-0.2, 0) is 27.8 Å². The summed E-state index contributed by atoms with van der Waals surface area (Å²) in [7, 11) is 0. The van der Waals surface area contributed by atoms with Crippen molar-refractivity contribution in [2.45, 2.75) is 38.5 Å². The van der Waals surface area contributed by atoms with Crippen LogP contribution < -0.4 is 9.80 Å². The number of fused-ring (bicyclic) bond motifs is 1. The lowest BCUT2D eigenvalue weighted by molar-refractivity contribution is -0.124. The van der Waals surface area contributed by atoms with E-state index in [0.29, 0.717) is 18.1 Å². The molecule has 6 nitrogen and oxygen atoms in total. The first-order valence-electron chi connectivity index (χ1n) is 11.6. The fourth-order valence-electron chi connectivity index (χ4n) is 5.01. The topological polar surface area (TPSA) is 66.4 Å². The Morgan fingerprint density at radius 3 is 2.62 bits per heavy atom. The second kappa shape index (κ2) is 8.84. The molecule has 34 heavy (non-hydrogen) atoms. The quantitative estimate of drug-likeness (QED) is 0.542. The number of benzene rings is 2. The molecule has 2 aliphatic rings. The van der Waals surface area contributed by atoms with E-state index >= 15 is 0 Å². The van der Waals surface area contributed by atoms with E-state index in [2.05, 4.69) is 42.0 Å². The number of aryl methyl sites for hydroxylation is 2. The van der Waals surface area contributed by atoms with Crippen molar-refractivity contribution in [2.24, 2.45) is 5.92 Å². The van der Waals surface area contributed by atoms with Crippen molar-refractivity contribution in [3.05, 3.63) is 82.9 Å². The first-order valence-corrected chi connectivity index (χ1v) is 11.9. The second-order valence-electron chi connectivity index (χ2n) is 9.79. The van der Waals surface area contributed by atoms with Crippen LogP contribution in [0.1, 0.15) is 37.0 Å². The third kappa shape index (κ3) is 4.30. The van der Waals surface area contributed by atoms with Crippen LogP contribution in [0.3, 0.4) is 0 Å². The number of carbonyl (C=O) groups excluding carboxylic acids is 2. The van der Waals surface area contributed by atoms with Gasteiger partial charge in [0.05, 0.1) is 5.92 Å². The molecule has 3 aromatic rings. The number of anilines is 2. The fourth-order valence-corrected chi connectivity index (χ4v) is 5.20. The summed E-state index contributed by atoms with van der Waals surface area (Å²) in [5.41, 5.74) is 5.05. The average Bonchev–Trinajstić information content (AvgIpc) is 3.35. The molecular formula is C27H27ClN4O2. The van der Waals surface area contributed by atoms with Crippen molar-refractivity contribution in [2.75, 3.05) is 22.9 Å². The molecule has 2 aliphatic heterocycles. The van der Waals surface area contributed by atoms with Gasteiger partial charge >= 0.3 is 0 Å². The Kier molecular flexibility index (Phi) is 5.86. The molecule has 1 fully saturated rings. The second-order valence-corrected chi connectivity index (χ2v) is 10.2. The van der Waals surface area contributed by atoms with E-state index in [1.807, 2.05) is 29.4 Å². The molecule has 0 radical (unpaired) electrons. The molecule has 2 amide bonds. The fraction of sp³-hybridized carbons (Fsp3) is 0.333. The van der Waals surface area contributed by atoms with Gasteiger partial charge in [0.2, 0.25) is 11.8 Å². The summed E-state index contributed by atoms with van der Waals surface area (Å²) in [6.45, 7) is 5.33. The van der Waals surface area contributed by atoms with E-state index in [1.54, 1.807) is 23.4 Å². The van der Waals surface area contributed by atoms with Crippen LogP contribution in [0.15, 0.2) is 61.2 Å². The van der Waals surface area contributed by atoms with E-state index < -0.39 is 0 Å². The highest BCUT2D eigenvalue weighted by Gasteiger charge is 2.43. The Balaban J connectivity index is 1.33. The highest BCUT2D eigenvalue weighted by molar-refractivity contribution is 6.31. The normalized spacial score (nSPS) is 18.9. The van der Waals surface area contributed by atoms with Gasteiger partial charge in [0.25, 0.3) is 0 Å². The van der Waals surface area contributed by atoms with Crippen molar-refractivity contribution in [1.29, 1.82) is 0 Å². The SMILES string of the molecule is CC1(C)CN(C(=O)C2CC(=O)N(c3cccc(Cl)c3)C2)c2ccc(CCc3cncnc3)cc21. The van der Waals surface area contributed by atoms with E-state index in [-0.39, 0.29) is 29.6 Å². The zero-order valence-electron chi connectivity index (χ0n) is 19.4. The summed E-state index contributed by atoms with van der Waals surface area (Å²) in [6, 6.07) is 13.6. The minimum Gasteiger partial charge on any atom is -0.312 e. The summed E-state index contributed by atoms with van der Waals surface area (Å²) in [5, 5.41) is 0.575. The molecule has 3 heterocycles. The maximum absolute atomic E-state index is 13.6. The van der Waals surface area contributed by atoms with Crippen LogP contribution >= 0.6 is 11.6 Å². The molecule has 2 aromatic carbocycles. The molecule has 1 atom stereocenters. The van der Waals surface area contributed by atoms with Crippen molar-refractivity contribution < 1.29 is 9.59 Å². The zero-order chi connectivity index (χ0) is 23.9. The number of halogens is 1. The third-order valence-electron chi connectivity index (χ3n) is 6.81. The van der Waals surface area contributed by atoms with Gasteiger partial charge in [0.15, 0.2) is 0 Å². The molecule has 0 aliphatic carbocycles. The third-order valence-corrected chi connectivity index (χ3v) is 7.05. The molecular weight excluding hydrogens is 448 g/mol. The predicted molar refractivity (Wildman–Crippen MR) is 133 cm³/mol. The Hall–Kier alpha value is -3.25. The highest BCUT2D eigenvalue weighted by Crippen LogP contribution is 2.42. The monoisotopic (exact) mass is 474 g/mol. The molecule has 0 N–H and O–H groups in total. The number of hydrogen-bond donors (Lipinski definition) is 0. The molecule has 1 aromatic heterocycles. The van der Waals surface area contributed by atoms with Gasteiger partial charge in [-0.15, -0.1) is 0 Å². The minimum absolute atomic E-state index is 0.0129. The lowest BCUT2D eigenvalue weighted by Gasteiger charge is -2.23. The van der Waals surface area contributed by atoms with Crippen LogP contribution in [0.2, 0.25) is 5.02 Å². The van der Waals surface area contributed by atoms with Gasteiger partial charge in [-0.3, -0.25) is 9.59 Å². The summed E-state index contributed by atoms with van der Waals surface area (Å²) in [6.07, 6.45) is 7.21. The van der Waals surface area contributed by atoms with Crippen molar-refractivity contribution in [1.82, 2.24) is 9.97 Å². The van der Waals surface area contributed by atoms with Crippen molar-refractivity contribution in [3.63, 3.8) is 0 Å². The number of amides is 2. The number of carbonyl (C=O) groups is 2.